The first kappa shape index (κ1) is 22.3. The summed E-state index contributed by atoms with van der Waals surface area (Å²) in [6, 6.07) is 6.94. The van der Waals surface area contributed by atoms with Gasteiger partial charge >= 0.3 is 6.18 Å². The zero-order chi connectivity index (χ0) is 23.9. The molecule has 2 N–H and O–H groups in total. The van der Waals surface area contributed by atoms with E-state index in [9.17, 15) is 18.0 Å². The molecule has 2 atom stereocenters. The Labute approximate surface area is 192 Å². The number of nitrogens with one attached hydrogen (secondary N) is 2. The van der Waals surface area contributed by atoms with Gasteiger partial charge in [-0.25, -0.2) is 15.0 Å². The van der Waals surface area contributed by atoms with E-state index in [1.54, 1.807) is 36.3 Å². The molecule has 2 aliphatic rings. The van der Waals surface area contributed by atoms with E-state index in [1.165, 1.54) is 0 Å². The smallest absolute Gasteiger partial charge is 0.380 e. The van der Waals surface area contributed by atoms with Crippen LogP contribution in [0.2, 0.25) is 0 Å². The maximum Gasteiger partial charge on any atom is 0.433 e. The first-order chi connectivity index (χ1) is 16.3. The quantitative estimate of drug-likeness (QED) is 0.560. The molecule has 1 aromatic carbocycles. The van der Waals surface area contributed by atoms with E-state index >= 15 is 0 Å². The second-order valence-electron chi connectivity index (χ2n) is 8.39. The van der Waals surface area contributed by atoms with Gasteiger partial charge in [0.25, 0.3) is 5.91 Å². The molecule has 12 heteroatoms. The fourth-order valence-electron chi connectivity index (χ4n) is 4.01. The van der Waals surface area contributed by atoms with E-state index in [4.69, 9.17) is 4.74 Å². The molecule has 1 amide bonds. The minimum atomic E-state index is -4.58. The Morgan fingerprint density at radius 3 is 2.79 bits per heavy atom. The summed E-state index contributed by atoms with van der Waals surface area (Å²) in [5.41, 5.74) is -0.305. The molecule has 1 aliphatic heterocycles. The summed E-state index contributed by atoms with van der Waals surface area (Å²) in [5.74, 6) is 1.32. The first-order valence-corrected chi connectivity index (χ1v) is 10.8. The van der Waals surface area contributed by atoms with Crippen LogP contribution in [-0.2, 0) is 10.9 Å². The summed E-state index contributed by atoms with van der Waals surface area (Å²) < 4.78 is 44.3. The fourth-order valence-corrected chi connectivity index (χ4v) is 4.01. The maximum absolute atomic E-state index is 13.4. The number of carbonyl (C=O) groups is 1. The Hall–Kier alpha value is -3.54. The number of methoxy groups -OCH3 is 1. The van der Waals surface area contributed by atoms with Gasteiger partial charge in [-0.15, -0.1) is 0 Å². The van der Waals surface area contributed by atoms with Gasteiger partial charge in [-0.3, -0.25) is 9.89 Å². The van der Waals surface area contributed by atoms with E-state index in [0.717, 1.165) is 30.9 Å². The summed E-state index contributed by atoms with van der Waals surface area (Å²) in [5, 5.41) is 10.0. The van der Waals surface area contributed by atoms with Crippen LogP contribution in [0.4, 0.5) is 24.8 Å². The lowest BCUT2D eigenvalue weighted by Crippen LogP contribution is -2.32. The number of amides is 1. The first-order valence-electron chi connectivity index (χ1n) is 10.8. The van der Waals surface area contributed by atoms with E-state index in [0.29, 0.717) is 36.0 Å². The Morgan fingerprint density at radius 2 is 2.06 bits per heavy atom. The molecule has 2 aromatic heterocycles. The van der Waals surface area contributed by atoms with Crippen molar-refractivity contribution in [3.05, 3.63) is 59.4 Å². The van der Waals surface area contributed by atoms with E-state index < -0.39 is 11.9 Å². The van der Waals surface area contributed by atoms with Crippen molar-refractivity contribution in [1.82, 2.24) is 30.0 Å². The van der Waals surface area contributed by atoms with Gasteiger partial charge in [-0.2, -0.15) is 18.3 Å². The molecule has 0 bridgehead atoms. The lowest BCUT2D eigenvalue weighted by atomic mass is 10.1. The number of hydrogen-bond acceptors (Lipinski definition) is 7. The van der Waals surface area contributed by atoms with Crippen molar-refractivity contribution < 1.29 is 22.7 Å². The molecule has 9 nitrogen and oxygen atoms in total. The van der Waals surface area contributed by atoms with Crippen molar-refractivity contribution >= 4 is 17.5 Å². The third-order valence-corrected chi connectivity index (χ3v) is 5.95. The molecule has 0 radical (unpaired) electrons. The predicted octanol–water partition coefficient (Wildman–Crippen LogP) is 3.84. The second-order valence-corrected chi connectivity index (χ2v) is 8.39. The highest BCUT2D eigenvalue weighted by Gasteiger charge is 2.39. The molecule has 1 saturated heterocycles. The predicted molar refractivity (Wildman–Crippen MR) is 114 cm³/mol. The van der Waals surface area contributed by atoms with Crippen molar-refractivity contribution in [3.8, 4) is 0 Å². The number of nitrogens with zero attached hydrogens (tertiary/aromatic N) is 5. The number of ether oxygens (including phenoxy) is 1. The van der Waals surface area contributed by atoms with Crippen molar-refractivity contribution in [1.29, 1.82) is 0 Å². The van der Waals surface area contributed by atoms with Crippen LogP contribution in [0.5, 0.6) is 0 Å². The zero-order valence-electron chi connectivity index (χ0n) is 18.2. The number of carbonyl (C=O) groups excluding carboxylic acids is 1. The van der Waals surface area contributed by atoms with Crippen molar-refractivity contribution in [2.24, 2.45) is 0 Å². The van der Waals surface area contributed by atoms with Crippen LogP contribution in [0.3, 0.4) is 0 Å². The molecule has 1 saturated carbocycles. The molecule has 5 rings (SSSR count). The lowest BCUT2D eigenvalue weighted by Gasteiger charge is -2.23. The third kappa shape index (κ3) is 4.58. The topological polar surface area (TPSA) is 109 Å². The standard InChI is InChI=1S/C22H22F3N7O2/c1-34-15-10-16(19-29-18(30-31-19)12-5-6-12)32(11-15)20(33)13-3-2-4-14(9-13)27-21-26-8-7-17(28-21)22(23,24)25/h2-4,7-9,12,15-16H,5-6,10-11H2,1H3,(H,26,27,28)(H,29,30,31)/t15-,16+/m1/s1. The highest BCUT2D eigenvalue weighted by atomic mass is 19.4. The van der Waals surface area contributed by atoms with Crippen LogP contribution in [0.25, 0.3) is 0 Å². The summed E-state index contributed by atoms with van der Waals surface area (Å²) in [6.45, 7) is 0.383. The Morgan fingerprint density at radius 1 is 1.24 bits per heavy atom. The van der Waals surface area contributed by atoms with Crippen LogP contribution in [0.1, 0.15) is 58.9 Å². The average molecular weight is 473 g/mol. The van der Waals surface area contributed by atoms with Crippen molar-refractivity contribution in [2.75, 3.05) is 19.0 Å². The van der Waals surface area contributed by atoms with Crippen LogP contribution in [-0.4, -0.2) is 55.7 Å². The fraction of sp³-hybridized carbons (Fsp3) is 0.409. The minimum absolute atomic E-state index is 0.150. The lowest BCUT2D eigenvalue weighted by molar-refractivity contribution is -0.141. The monoisotopic (exact) mass is 473 g/mol. The summed E-state index contributed by atoms with van der Waals surface area (Å²) in [7, 11) is 1.60. The molecule has 34 heavy (non-hydrogen) atoms. The molecule has 0 unspecified atom stereocenters. The number of hydrogen-bond donors (Lipinski definition) is 2. The number of halogens is 3. The van der Waals surface area contributed by atoms with Gasteiger partial charge in [0.2, 0.25) is 5.95 Å². The number of H-pyrrole nitrogens is 1. The number of rotatable bonds is 6. The molecule has 178 valence electrons. The van der Waals surface area contributed by atoms with Gasteiger partial charge < -0.3 is 15.0 Å². The molecule has 0 spiro atoms. The van der Waals surface area contributed by atoms with E-state index in [1.807, 2.05) is 0 Å². The Bertz CT molecular complexity index is 1190. The van der Waals surface area contributed by atoms with Crippen LogP contribution < -0.4 is 5.32 Å². The van der Waals surface area contributed by atoms with Crippen LogP contribution in [0.15, 0.2) is 36.5 Å². The van der Waals surface area contributed by atoms with E-state index in [-0.39, 0.29) is 24.0 Å². The minimum Gasteiger partial charge on any atom is -0.380 e. The molecule has 1 aliphatic carbocycles. The number of anilines is 2. The Balaban J connectivity index is 1.36. The van der Waals surface area contributed by atoms with Gasteiger partial charge in [0, 0.05) is 43.4 Å². The molecule has 2 fully saturated rings. The van der Waals surface area contributed by atoms with Crippen LogP contribution in [0, 0.1) is 0 Å². The average Bonchev–Trinajstić information content (AvgIpc) is 3.39. The van der Waals surface area contributed by atoms with Gasteiger partial charge in [0.1, 0.15) is 11.5 Å². The second kappa shape index (κ2) is 8.67. The van der Waals surface area contributed by atoms with E-state index in [2.05, 4.69) is 30.5 Å². The largest absolute Gasteiger partial charge is 0.433 e. The SMILES string of the molecule is CO[C@@H]1C[C@@H](c2nc(C3CC3)n[nH]2)N(C(=O)c2cccc(Nc3nccc(C(F)(F)F)n3)c2)C1. The summed E-state index contributed by atoms with van der Waals surface area (Å²) >= 11 is 0. The normalized spacial score (nSPS) is 20.5. The van der Waals surface area contributed by atoms with Gasteiger partial charge in [0.05, 0.1) is 12.1 Å². The molecular weight excluding hydrogens is 451 g/mol. The summed E-state index contributed by atoms with van der Waals surface area (Å²) in [6.07, 6.45) is -0.984. The number of aromatic nitrogens is 5. The highest BCUT2D eigenvalue weighted by molar-refractivity contribution is 5.95. The van der Waals surface area contributed by atoms with Crippen molar-refractivity contribution in [2.45, 2.75) is 43.5 Å². The number of benzene rings is 1. The van der Waals surface area contributed by atoms with Gasteiger partial charge in [-0.05, 0) is 37.1 Å². The van der Waals surface area contributed by atoms with Crippen LogP contribution >= 0.6 is 0 Å². The summed E-state index contributed by atoms with van der Waals surface area (Å²) in [4.78, 5) is 27.1. The molecular formula is C22H22F3N7O2. The number of likely N-dealkylation sites (tertiary alicyclic amines) is 1. The van der Waals surface area contributed by atoms with Crippen molar-refractivity contribution in [3.63, 3.8) is 0 Å². The number of alkyl halides is 3. The highest BCUT2D eigenvalue weighted by Crippen LogP contribution is 2.39. The van der Waals surface area contributed by atoms with Gasteiger partial charge in [-0.1, -0.05) is 6.07 Å². The number of aromatic amines is 1. The zero-order valence-corrected chi connectivity index (χ0v) is 18.2. The molecule has 3 aromatic rings. The third-order valence-electron chi connectivity index (χ3n) is 5.95. The maximum atomic E-state index is 13.4. The Kier molecular flexibility index (Phi) is 5.68. The molecule has 3 heterocycles. The van der Waals surface area contributed by atoms with Gasteiger partial charge in [0.15, 0.2) is 5.82 Å².